The van der Waals surface area contributed by atoms with Gasteiger partial charge in [0.2, 0.25) is 0 Å². The van der Waals surface area contributed by atoms with Crippen molar-refractivity contribution < 1.29 is 8.83 Å². The van der Waals surface area contributed by atoms with E-state index in [4.69, 9.17) is 14.6 Å². The summed E-state index contributed by atoms with van der Waals surface area (Å²) < 4.78 is 10.3. The molecule has 0 aliphatic carbocycles. The third kappa shape index (κ3) is 1.51. The zero-order valence-corrected chi connectivity index (χ0v) is 7.36. The summed E-state index contributed by atoms with van der Waals surface area (Å²) in [5.74, 6) is 1.63. The lowest BCUT2D eigenvalue weighted by Gasteiger charge is -2.04. The Morgan fingerprint density at radius 3 is 2.69 bits per heavy atom. The van der Waals surface area contributed by atoms with Crippen molar-refractivity contribution in [1.29, 1.82) is 0 Å². The minimum Gasteiger partial charge on any atom is -0.472 e. The number of hydrogen-bond acceptors (Lipinski definition) is 3. The summed E-state index contributed by atoms with van der Waals surface area (Å²) in [4.78, 5) is 0. The third-order valence-electron chi connectivity index (χ3n) is 1.97. The van der Waals surface area contributed by atoms with Crippen molar-refractivity contribution >= 4 is 0 Å². The van der Waals surface area contributed by atoms with Gasteiger partial charge in [-0.05, 0) is 25.1 Å². The number of aryl methyl sites for hydroxylation is 1. The van der Waals surface area contributed by atoms with Crippen molar-refractivity contribution in [3.63, 3.8) is 0 Å². The van der Waals surface area contributed by atoms with Crippen molar-refractivity contribution in [1.82, 2.24) is 0 Å². The zero-order valence-electron chi connectivity index (χ0n) is 7.36. The van der Waals surface area contributed by atoms with Crippen LogP contribution in [0.3, 0.4) is 0 Å². The van der Waals surface area contributed by atoms with Crippen LogP contribution in [-0.2, 0) is 0 Å². The summed E-state index contributed by atoms with van der Waals surface area (Å²) in [6.45, 7) is 1.89. The molecule has 0 aliphatic heterocycles. The van der Waals surface area contributed by atoms with Gasteiger partial charge in [0.25, 0.3) is 0 Å². The molecule has 1 atom stereocenters. The van der Waals surface area contributed by atoms with Crippen LogP contribution in [-0.4, -0.2) is 0 Å². The van der Waals surface area contributed by atoms with Crippen LogP contribution >= 0.6 is 0 Å². The second kappa shape index (κ2) is 3.11. The molecular weight excluding hydrogens is 166 g/mol. The predicted octanol–water partition coefficient (Wildman–Crippen LogP) is 2.23. The lowest BCUT2D eigenvalue weighted by atomic mass is 10.1. The van der Waals surface area contributed by atoms with E-state index in [2.05, 4.69) is 0 Å². The van der Waals surface area contributed by atoms with E-state index in [9.17, 15) is 0 Å². The highest BCUT2D eigenvalue weighted by atomic mass is 16.3. The van der Waals surface area contributed by atoms with Crippen LogP contribution in [0.15, 0.2) is 39.6 Å². The first-order chi connectivity index (χ1) is 6.27. The molecule has 0 bridgehead atoms. The van der Waals surface area contributed by atoms with Gasteiger partial charge in [0, 0.05) is 5.56 Å². The molecule has 0 amide bonds. The molecule has 1 unspecified atom stereocenters. The highest BCUT2D eigenvalue weighted by Crippen LogP contribution is 2.21. The summed E-state index contributed by atoms with van der Waals surface area (Å²) in [5.41, 5.74) is 6.85. The number of rotatable bonds is 2. The fourth-order valence-corrected chi connectivity index (χ4v) is 1.24. The molecule has 0 spiro atoms. The third-order valence-corrected chi connectivity index (χ3v) is 1.97. The molecule has 0 saturated heterocycles. The quantitative estimate of drug-likeness (QED) is 0.765. The molecule has 0 radical (unpaired) electrons. The first-order valence-electron chi connectivity index (χ1n) is 4.11. The molecule has 2 aromatic rings. The van der Waals surface area contributed by atoms with Crippen LogP contribution in [0.1, 0.15) is 23.1 Å². The maximum Gasteiger partial charge on any atom is 0.125 e. The number of nitrogens with two attached hydrogens (primary N) is 1. The Morgan fingerprint density at radius 1 is 1.31 bits per heavy atom. The van der Waals surface area contributed by atoms with E-state index in [0.717, 1.165) is 17.1 Å². The Hall–Kier alpha value is -1.48. The van der Waals surface area contributed by atoms with E-state index in [1.165, 1.54) is 0 Å². The molecule has 3 heteroatoms. The molecule has 3 nitrogen and oxygen atoms in total. The largest absolute Gasteiger partial charge is 0.472 e. The first kappa shape index (κ1) is 8.13. The van der Waals surface area contributed by atoms with Gasteiger partial charge in [-0.3, -0.25) is 0 Å². The Balaban J connectivity index is 2.28. The second-order valence-electron chi connectivity index (χ2n) is 2.98. The molecule has 2 aromatic heterocycles. The molecule has 13 heavy (non-hydrogen) atoms. The number of hydrogen-bond donors (Lipinski definition) is 1. The van der Waals surface area contributed by atoms with Gasteiger partial charge in [-0.1, -0.05) is 0 Å². The molecule has 68 valence electrons. The van der Waals surface area contributed by atoms with Crippen LogP contribution in [0.4, 0.5) is 0 Å². The maximum atomic E-state index is 5.92. The van der Waals surface area contributed by atoms with Crippen LogP contribution < -0.4 is 5.73 Å². The van der Waals surface area contributed by atoms with E-state index in [1.54, 1.807) is 12.5 Å². The smallest absolute Gasteiger partial charge is 0.125 e. The normalized spacial score (nSPS) is 13.1. The minimum absolute atomic E-state index is 0.229. The average Bonchev–Trinajstić information content (AvgIpc) is 2.72. The Bertz CT molecular complexity index is 375. The topological polar surface area (TPSA) is 52.3 Å². The van der Waals surface area contributed by atoms with E-state index < -0.39 is 0 Å². The summed E-state index contributed by atoms with van der Waals surface area (Å²) >= 11 is 0. The van der Waals surface area contributed by atoms with Crippen molar-refractivity contribution in [2.24, 2.45) is 5.73 Å². The predicted molar refractivity (Wildman–Crippen MR) is 48.2 cm³/mol. The van der Waals surface area contributed by atoms with Crippen LogP contribution in [0, 0.1) is 6.92 Å². The molecule has 2 rings (SSSR count). The molecule has 0 aliphatic rings. The van der Waals surface area contributed by atoms with Crippen LogP contribution in [0.5, 0.6) is 0 Å². The zero-order chi connectivity index (χ0) is 9.26. The van der Waals surface area contributed by atoms with E-state index >= 15 is 0 Å². The highest BCUT2D eigenvalue weighted by Gasteiger charge is 2.12. The molecule has 2 N–H and O–H groups in total. The Kier molecular flexibility index (Phi) is 1.94. The lowest BCUT2D eigenvalue weighted by Crippen LogP contribution is -2.09. The minimum atomic E-state index is -0.229. The first-order valence-corrected chi connectivity index (χ1v) is 4.11. The van der Waals surface area contributed by atoms with E-state index in [1.807, 2.05) is 25.1 Å². The molecule has 0 saturated carbocycles. The molecular formula is C10H11NO2. The fraction of sp³-hybridized carbons (Fsp3) is 0.200. The number of furan rings is 2. The van der Waals surface area contributed by atoms with Gasteiger partial charge < -0.3 is 14.6 Å². The molecule has 0 aromatic carbocycles. The molecule has 2 heterocycles. The maximum absolute atomic E-state index is 5.92. The van der Waals surface area contributed by atoms with Crippen molar-refractivity contribution in [2.75, 3.05) is 0 Å². The molecule has 0 fully saturated rings. The van der Waals surface area contributed by atoms with Gasteiger partial charge in [0.15, 0.2) is 0 Å². The SMILES string of the molecule is Cc1ccc(C(N)c2ccoc2)o1. The Morgan fingerprint density at radius 2 is 2.15 bits per heavy atom. The lowest BCUT2D eigenvalue weighted by molar-refractivity contribution is 0.464. The summed E-state index contributed by atoms with van der Waals surface area (Å²) in [5, 5.41) is 0. The van der Waals surface area contributed by atoms with E-state index in [0.29, 0.717) is 0 Å². The van der Waals surface area contributed by atoms with Crippen molar-refractivity contribution in [3.05, 3.63) is 47.8 Å². The summed E-state index contributed by atoms with van der Waals surface area (Å²) in [7, 11) is 0. The van der Waals surface area contributed by atoms with Gasteiger partial charge in [-0.15, -0.1) is 0 Å². The van der Waals surface area contributed by atoms with E-state index in [-0.39, 0.29) is 6.04 Å². The standard InChI is InChI=1S/C10H11NO2/c1-7-2-3-9(13-7)10(11)8-4-5-12-6-8/h2-6,10H,11H2,1H3. The highest BCUT2D eigenvalue weighted by molar-refractivity contribution is 5.22. The second-order valence-corrected chi connectivity index (χ2v) is 2.98. The monoisotopic (exact) mass is 177 g/mol. The van der Waals surface area contributed by atoms with Gasteiger partial charge in [-0.25, -0.2) is 0 Å². The van der Waals surface area contributed by atoms with Crippen molar-refractivity contribution in [2.45, 2.75) is 13.0 Å². The summed E-state index contributed by atoms with van der Waals surface area (Å²) in [6, 6.07) is 5.39. The van der Waals surface area contributed by atoms with Gasteiger partial charge in [0.1, 0.15) is 11.5 Å². The van der Waals surface area contributed by atoms with Gasteiger partial charge in [0.05, 0.1) is 18.6 Å². The van der Waals surface area contributed by atoms with Crippen molar-refractivity contribution in [3.8, 4) is 0 Å². The van der Waals surface area contributed by atoms with Gasteiger partial charge >= 0.3 is 0 Å². The average molecular weight is 177 g/mol. The Labute approximate surface area is 76.1 Å². The van der Waals surface area contributed by atoms with Crippen LogP contribution in [0.2, 0.25) is 0 Å². The van der Waals surface area contributed by atoms with Crippen LogP contribution in [0.25, 0.3) is 0 Å². The summed E-state index contributed by atoms with van der Waals surface area (Å²) in [6.07, 6.45) is 3.23. The van der Waals surface area contributed by atoms with Gasteiger partial charge in [-0.2, -0.15) is 0 Å². The fourth-order valence-electron chi connectivity index (χ4n) is 1.24.